The van der Waals surface area contributed by atoms with E-state index in [9.17, 15) is 0 Å². The number of ether oxygens (including phenoxy) is 1. The number of fused-ring (bicyclic) bond motifs is 1. The Morgan fingerprint density at radius 2 is 1.83 bits per heavy atom. The molecule has 1 fully saturated rings. The molecule has 1 saturated heterocycles. The summed E-state index contributed by atoms with van der Waals surface area (Å²) in [7, 11) is 0. The molecule has 0 amide bonds. The molecule has 6 nitrogen and oxygen atoms in total. The Hall–Kier alpha value is -2.76. The molecule has 3 aromatic rings. The molecule has 0 radical (unpaired) electrons. The third-order valence-corrected chi connectivity index (χ3v) is 3.93. The van der Waals surface area contributed by atoms with Crippen molar-refractivity contribution in [1.82, 2.24) is 19.9 Å². The molecular weight excluding hydrogens is 290 g/mol. The maximum absolute atomic E-state index is 5.86. The minimum atomic E-state index is 0.0750. The summed E-state index contributed by atoms with van der Waals surface area (Å²) in [6.07, 6.45) is 6.36. The van der Waals surface area contributed by atoms with Gasteiger partial charge in [-0.1, -0.05) is 12.1 Å². The lowest BCUT2D eigenvalue weighted by atomic mass is 10.3. The standard InChI is InChI=1S/C17H17N5O/c1-12-8-19-17(20-9-12)23-13-6-7-22(11-13)16-10-18-14-4-2-3-5-15(14)21-16/h2-5,8-10,13H,6-7,11H2,1H3. The van der Waals surface area contributed by atoms with Gasteiger partial charge in [-0.2, -0.15) is 0 Å². The van der Waals surface area contributed by atoms with Gasteiger partial charge in [0.25, 0.3) is 0 Å². The fourth-order valence-corrected chi connectivity index (χ4v) is 2.72. The summed E-state index contributed by atoms with van der Waals surface area (Å²) in [5.74, 6) is 0.889. The van der Waals surface area contributed by atoms with E-state index in [1.54, 1.807) is 12.4 Å². The number of aryl methyl sites for hydroxylation is 1. The van der Waals surface area contributed by atoms with Crippen LogP contribution < -0.4 is 9.64 Å². The minimum absolute atomic E-state index is 0.0750. The lowest BCUT2D eigenvalue weighted by Crippen LogP contribution is -2.25. The zero-order valence-corrected chi connectivity index (χ0v) is 12.9. The summed E-state index contributed by atoms with van der Waals surface area (Å²) >= 11 is 0. The number of anilines is 1. The van der Waals surface area contributed by atoms with Gasteiger partial charge in [0.2, 0.25) is 0 Å². The monoisotopic (exact) mass is 307 g/mol. The Labute approximate surface area is 134 Å². The Morgan fingerprint density at radius 1 is 1.04 bits per heavy atom. The first-order valence-electron chi connectivity index (χ1n) is 7.70. The van der Waals surface area contributed by atoms with Crippen molar-refractivity contribution in [1.29, 1.82) is 0 Å². The smallest absolute Gasteiger partial charge is 0.316 e. The largest absolute Gasteiger partial charge is 0.458 e. The van der Waals surface area contributed by atoms with Crippen molar-refractivity contribution in [3.63, 3.8) is 0 Å². The van der Waals surface area contributed by atoms with E-state index in [1.165, 1.54) is 0 Å². The SMILES string of the molecule is Cc1cnc(OC2CCN(c3cnc4ccccc4n3)C2)nc1. The first kappa shape index (κ1) is 13.9. The highest BCUT2D eigenvalue weighted by Crippen LogP contribution is 2.22. The van der Waals surface area contributed by atoms with E-state index in [4.69, 9.17) is 4.74 Å². The molecule has 1 unspecified atom stereocenters. The molecule has 0 aliphatic carbocycles. The van der Waals surface area contributed by atoms with Gasteiger partial charge in [-0.3, -0.25) is 4.98 Å². The third-order valence-electron chi connectivity index (χ3n) is 3.93. The van der Waals surface area contributed by atoms with Crippen molar-refractivity contribution in [2.24, 2.45) is 0 Å². The fourth-order valence-electron chi connectivity index (χ4n) is 2.72. The highest BCUT2D eigenvalue weighted by Gasteiger charge is 2.26. The van der Waals surface area contributed by atoms with Crippen LogP contribution >= 0.6 is 0 Å². The van der Waals surface area contributed by atoms with Crippen molar-refractivity contribution in [3.8, 4) is 6.01 Å². The van der Waals surface area contributed by atoms with E-state index in [-0.39, 0.29) is 6.10 Å². The van der Waals surface area contributed by atoms with Crippen molar-refractivity contribution >= 4 is 16.9 Å². The average molecular weight is 307 g/mol. The van der Waals surface area contributed by atoms with Crippen LogP contribution in [0, 0.1) is 6.92 Å². The summed E-state index contributed by atoms with van der Waals surface area (Å²) in [6, 6.07) is 8.34. The van der Waals surface area contributed by atoms with Crippen LogP contribution in [0.25, 0.3) is 11.0 Å². The number of para-hydroxylation sites is 2. The van der Waals surface area contributed by atoms with E-state index < -0.39 is 0 Å². The van der Waals surface area contributed by atoms with E-state index in [0.29, 0.717) is 6.01 Å². The Balaban J connectivity index is 1.47. The molecule has 0 saturated carbocycles. The van der Waals surface area contributed by atoms with E-state index in [2.05, 4.69) is 24.8 Å². The number of hydrogen-bond acceptors (Lipinski definition) is 6. The highest BCUT2D eigenvalue weighted by molar-refractivity contribution is 5.75. The molecule has 4 rings (SSSR count). The van der Waals surface area contributed by atoms with Crippen molar-refractivity contribution < 1.29 is 4.74 Å². The van der Waals surface area contributed by atoms with Gasteiger partial charge >= 0.3 is 6.01 Å². The highest BCUT2D eigenvalue weighted by atomic mass is 16.5. The average Bonchev–Trinajstić information content (AvgIpc) is 3.05. The molecule has 1 aliphatic rings. The van der Waals surface area contributed by atoms with Gasteiger partial charge in [-0.25, -0.2) is 15.0 Å². The summed E-state index contributed by atoms with van der Waals surface area (Å²) in [5, 5.41) is 0. The van der Waals surface area contributed by atoms with Gasteiger partial charge < -0.3 is 9.64 Å². The first-order valence-corrected chi connectivity index (χ1v) is 7.70. The Kier molecular flexibility index (Phi) is 3.49. The van der Waals surface area contributed by atoms with E-state index in [0.717, 1.165) is 41.9 Å². The number of hydrogen-bond donors (Lipinski definition) is 0. The number of nitrogens with zero attached hydrogens (tertiary/aromatic N) is 5. The van der Waals surface area contributed by atoms with Crippen molar-refractivity contribution in [2.75, 3.05) is 18.0 Å². The predicted molar refractivity (Wildman–Crippen MR) is 87.6 cm³/mol. The molecular formula is C17H17N5O. The molecule has 23 heavy (non-hydrogen) atoms. The molecule has 0 N–H and O–H groups in total. The zero-order chi connectivity index (χ0) is 15.6. The summed E-state index contributed by atoms with van der Waals surface area (Å²) < 4.78 is 5.86. The topological polar surface area (TPSA) is 64.0 Å². The fraction of sp³-hybridized carbons (Fsp3) is 0.294. The quantitative estimate of drug-likeness (QED) is 0.740. The van der Waals surface area contributed by atoms with E-state index >= 15 is 0 Å². The van der Waals surface area contributed by atoms with Crippen LogP contribution in [0.5, 0.6) is 6.01 Å². The minimum Gasteiger partial charge on any atom is -0.458 e. The van der Waals surface area contributed by atoms with Crippen LogP contribution in [-0.4, -0.2) is 39.1 Å². The maximum Gasteiger partial charge on any atom is 0.316 e. The van der Waals surface area contributed by atoms with Gasteiger partial charge in [0, 0.05) is 25.4 Å². The lowest BCUT2D eigenvalue weighted by molar-refractivity contribution is 0.206. The first-order chi connectivity index (χ1) is 11.3. The van der Waals surface area contributed by atoms with Gasteiger partial charge in [0.1, 0.15) is 11.9 Å². The maximum atomic E-state index is 5.86. The van der Waals surface area contributed by atoms with Gasteiger partial charge in [-0.05, 0) is 24.6 Å². The summed E-state index contributed by atoms with van der Waals surface area (Å²) in [4.78, 5) is 19.8. The van der Waals surface area contributed by atoms with Crippen molar-refractivity contribution in [3.05, 3.63) is 48.4 Å². The molecule has 1 aliphatic heterocycles. The predicted octanol–water partition coefficient (Wildman–Crippen LogP) is 2.39. The lowest BCUT2D eigenvalue weighted by Gasteiger charge is -2.17. The molecule has 3 heterocycles. The summed E-state index contributed by atoms with van der Waals surface area (Å²) in [5.41, 5.74) is 2.85. The van der Waals surface area contributed by atoms with E-state index in [1.807, 2.05) is 37.4 Å². The van der Waals surface area contributed by atoms with Crippen LogP contribution in [0.3, 0.4) is 0 Å². The molecule has 2 aromatic heterocycles. The number of benzene rings is 1. The van der Waals surface area contributed by atoms with Crippen LogP contribution in [-0.2, 0) is 0 Å². The third kappa shape index (κ3) is 2.92. The van der Waals surface area contributed by atoms with Crippen LogP contribution in [0.2, 0.25) is 0 Å². The van der Waals surface area contributed by atoms with Gasteiger partial charge in [-0.15, -0.1) is 0 Å². The second-order valence-corrected chi connectivity index (χ2v) is 5.73. The Bertz CT molecular complexity index is 821. The van der Waals surface area contributed by atoms with Gasteiger partial charge in [0.05, 0.1) is 23.8 Å². The van der Waals surface area contributed by atoms with Crippen LogP contribution in [0.4, 0.5) is 5.82 Å². The molecule has 116 valence electrons. The second kappa shape index (κ2) is 5.79. The van der Waals surface area contributed by atoms with Crippen molar-refractivity contribution in [2.45, 2.75) is 19.4 Å². The number of rotatable bonds is 3. The van der Waals surface area contributed by atoms with Gasteiger partial charge in [0.15, 0.2) is 0 Å². The zero-order valence-electron chi connectivity index (χ0n) is 12.9. The number of aromatic nitrogens is 4. The molecule has 0 spiro atoms. The summed E-state index contributed by atoms with van der Waals surface area (Å²) in [6.45, 7) is 3.62. The normalized spacial score (nSPS) is 17.6. The molecule has 6 heteroatoms. The molecule has 1 atom stereocenters. The van der Waals surface area contributed by atoms with Crippen LogP contribution in [0.15, 0.2) is 42.9 Å². The van der Waals surface area contributed by atoms with Crippen LogP contribution in [0.1, 0.15) is 12.0 Å². The molecule has 0 bridgehead atoms. The molecule has 1 aromatic carbocycles. The Morgan fingerprint density at radius 3 is 2.65 bits per heavy atom. The second-order valence-electron chi connectivity index (χ2n) is 5.73.